The average molecular weight is 449 g/mol. The number of likely N-dealkylation sites (N-methyl/N-ethyl adjacent to an activating group) is 1. The van der Waals surface area contributed by atoms with Crippen molar-refractivity contribution in [2.45, 2.75) is 26.3 Å². The fourth-order valence-corrected chi connectivity index (χ4v) is 3.77. The van der Waals surface area contributed by atoms with Gasteiger partial charge in [0.2, 0.25) is 0 Å². The Morgan fingerprint density at radius 3 is 2.47 bits per heavy atom. The molecule has 0 aliphatic carbocycles. The van der Waals surface area contributed by atoms with Crippen molar-refractivity contribution in [2.24, 2.45) is 5.92 Å². The predicted octanol–water partition coefficient (Wildman–Crippen LogP) is 4.03. The first-order chi connectivity index (χ1) is 15.4. The number of benzene rings is 1. The first kappa shape index (κ1) is 22.9. The van der Waals surface area contributed by atoms with E-state index in [4.69, 9.17) is 5.26 Å². The highest BCUT2D eigenvalue weighted by Crippen LogP contribution is 2.27. The minimum atomic E-state index is -0.757. The Labute approximate surface area is 190 Å². The van der Waals surface area contributed by atoms with E-state index >= 15 is 0 Å². The summed E-state index contributed by atoms with van der Waals surface area (Å²) in [4.78, 5) is 34.7. The molecule has 9 heteroatoms. The molecule has 3 aromatic rings. The number of nitrogens with one attached hydrogen (secondary N) is 2. The van der Waals surface area contributed by atoms with Crippen LogP contribution in [0.4, 0.5) is 10.8 Å². The predicted molar refractivity (Wildman–Crippen MR) is 124 cm³/mol. The Kier molecular flexibility index (Phi) is 7.52. The van der Waals surface area contributed by atoms with Crippen molar-refractivity contribution >= 4 is 34.0 Å². The second-order valence-electron chi connectivity index (χ2n) is 7.63. The van der Waals surface area contributed by atoms with Gasteiger partial charge in [-0.05, 0) is 36.6 Å². The number of rotatable bonds is 8. The van der Waals surface area contributed by atoms with Crippen molar-refractivity contribution in [1.82, 2.24) is 20.2 Å². The molecule has 0 spiro atoms. The number of pyridine rings is 1. The number of hydrogen-bond donors (Lipinski definition) is 2. The molecule has 1 aromatic carbocycles. The van der Waals surface area contributed by atoms with Gasteiger partial charge in [0.15, 0.2) is 11.3 Å². The van der Waals surface area contributed by atoms with Crippen molar-refractivity contribution in [2.75, 3.05) is 12.4 Å². The van der Waals surface area contributed by atoms with Crippen LogP contribution in [0.5, 0.6) is 0 Å². The van der Waals surface area contributed by atoms with Gasteiger partial charge in [-0.2, -0.15) is 5.26 Å². The lowest BCUT2D eigenvalue weighted by Gasteiger charge is -2.21. The van der Waals surface area contributed by atoms with Crippen LogP contribution < -0.4 is 10.6 Å². The van der Waals surface area contributed by atoms with Crippen LogP contribution in [0.2, 0.25) is 0 Å². The van der Waals surface area contributed by atoms with Crippen LogP contribution in [-0.2, 0) is 4.79 Å². The van der Waals surface area contributed by atoms with E-state index in [1.165, 1.54) is 18.4 Å². The Morgan fingerprint density at radius 1 is 1.16 bits per heavy atom. The molecule has 0 saturated heterocycles. The lowest BCUT2D eigenvalue weighted by atomic mass is 10.0. The van der Waals surface area contributed by atoms with E-state index in [0.717, 1.165) is 27.0 Å². The molecule has 2 N–H and O–H groups in total. The zero-order valence-corrected chi connectivity index (χ0v) is 18.9. The molecule has 2 aromatic heterocycles. The molecule has 0 aliphatic rings. The molecule has 3 rings (SSSR count). The Hall–Kier alpha value is -3.77. The molecule has 0 aliphatic heterocycles. The van der Waals surface area contributed by atoms with E-state index < -0.39 is 11.9 Å². The lowest BCUT2D eigenvalue weighted by Crippen LogP contribution is -2.46. The molecule has 32 heavy (non-hydrogen) atoms. The third-order valence-electron chi connectivity index (χ3n) is 4.67. The first-order valence-corrected chi connectivity index (χ1v) is 11.0. The topological polar surface area (TPSA) is 111 Å². The SMILES string of the molecule is CC(C)C[C@H](NC(=O)c1ccc(-c2csc(Nc3ccncc3)n2)cc1)C(=O)N(C)C#N. The number of carbonyl (C=O) groups is 2. The van der Waals surface area contributed by atoms with E-state index in [-0.39, 0.29) is 11.8 Å². The Bertz CT molecular complexity index is 1110. The van der Waals surface area contributed by atoms with E-state index in [2.05, 4.69) is 20.6 Å². The lowest BCUT2D eigenvalue weighted by molar-refractivity contribution is -0.129. The molecule has 0 fully saturated rings. The summed E-state index contributed by atoms with van der Waals surface area (Å²) in [7, 11) is 1.39. The molecule has 0 radical (unpaired) electrons. The molecule has 0 unspecified atom stereocenters. The van der Waals surface area contributed by atoms with Gasteiger partial charge in [-0.25, -0.2) is 4.98 Å². The molecular formula is C23H24N6O2S. The first-order valence-electron chi connectivity index (χ1n) is 10.1. The van der Waals surface area contributed by atoms with Crippen molar-refractivity contribution < 1.29 is 9.59 Å². The summed E-state index contributed by atoms with van der Waals surface area (Å²) in [6.45, 7) is 3.92. The molecule has 8 nitrogen and oxygen atoms in total. The van der Waals surface area contributed by atoms with Gasteiger partial charge in [0.05, 0.1) is 5.69 Å². The number of aromatic nitrogens is 2. The quantitative estimate of drug-likeness (QED) is 0.398. The number of hydrogen-bond acceptors (Lipinski definition) is 7. The minimum absolute atomic E-state index is 0.179. The van der Waals surface area contributed by atoms with Crippen LogP contribution >= 0.6 is 11.3 Å². The molecule has 164 valence electrons. The van der Waals surface area contributed by atoms with Gasteiger partial charge in [-0.1, -0.05) is 26.0 Å². The normalized spacial score (nSPS) is 11.5. The highest BCUT2D eigenvalue weighted by Gasteiger charge is 2.25. The van der Waals surface area contributed by atoms with E-state index in [1.807, 2.05) is 43.5 Å². The van der Waals surface area contributed by atoms with Gasteiger partial charge in [-0.3, -0.25) is 19.5 Å². The van der Waals surface area contributed by atoms with E-state index in [9.17, 15) is 9.59 Å². The molecule has 2 heterocycles. The van der Waals surface area contributed by atoms with E-state index in [0.29, 0.717) is 12.0 Å². The Balaban J connectivity index is 1.68. The summed E-state index contributed by atoms with van der Waals surface area (Å²) in [5.74, 6) is -0.610. The van der Waals surface area contributed by atoms with Gasteiger partial charge in [-0.15, -0.1) is 11.3 Å². The summed E-state index contributed by atoms with van der Waals surface area (Å²) in [6.07, 6.45) is 5.65. The second-order valence-corrected chi connectivity index (χ2v) is 8.49. The summed E-state index contributed by atoms with van der Waals surface area (Å²) in [5.41, 5.74) is 3.00. The summed E-state index contributed by atoms with van der Waals surface area (Å²) < 4.78 is 0. The van der Waals surface area contributed by atoms with Crippen molar-refractivity contribution in [3.63, 3.8) is 0 Å². The standard InChI is InChI=1S/C23H24N6O2S/c1-15(2)12-19(22(31)29(3)14-24)27-21(30)17-6-4-16(5-7-17)20-13-32-23(28-20)26-18-8-10-25-11-9-18/h4-11,13,15,19H,12H2,1-3H3,(H,27,30)(H,25,26,28)/t19-/m0/s1. The maximum Gasteiger partial charge on any atom is 0.257 e. The maximum absolute atomic E-state index is 12.7. The second kappa shape index (κ2) is 10.5. The third kappa shape index (κ3) is 5.89. The van der Waals surface area contributed by atoms with Crippen LogP contribution in [0, 0.1) is 17.4 Å². The Morgan fingerprint density at radius 2 is 1.84 bits per heavy atom. The summed E-state index contributed by atoms with van der Waals surface area (Å²) in [6, 6.07) is 10.0. The van der Waals surface area contributed by atoms with Gasteiger partial charge in [0.1, 0.15) is 6.04 Å². The van der Waals surface area contributed by atoms with Crippen LogP contribution in [-0.4, -0.2) is 39.8 Å². The van der Waals surface area contributed by atoms with Crippen LogP contribution in [0.3, 0.4) is 0 Å². The maximum atomic E-state index is 12.7. The van der Waals surface area contributed by atoms with Gasteiger partial charge in [0, 0.05) is 41.6 Å². The van der Waals surface area contributed by atoms with E-state index in [1.54, 1.807) is 30.7 Å². The minimum Gasteiger partial charge on any atom is -0.340 e. The van der Waals surface area contributed by atoms with Gasteiger partial charge >= 0.3 is 0 Å². The largest absolute Gasteiger partial charge is 0.340 e. The number of nitriles is 1. The zero-order chi connectivity index (χ0) is 23.1. The van der Waals surface area contributed by atoms with Crippen molar-refractivity contribution in [3.8, 4) is 17.5 Å². The van der Waals surface area contributed by atoms with Crippen LogP contribution in [0.15, 0.2) is 54.2 Å². The third-order valence-corrected chi connectivity index (χ3v) is 5.43. The average Bonchev–Trinajstić information content (AvgIpc) is 3.26. The summed E-state index contributed by atoms with van der Waals surface area (Å²) in [5, 5.41) is 17.7. The highest BCUT2D eigenvalue weighted by atomic mass is 32.1. The van der Waals surface area contributed by atoms with Crippen LogP contribution in [0.25, 0.3) is 11.3 Å². The van der Waals surface area contributed by atoms with Gasteiger partial charge in [0.25, 0.3) is 11.8 Å². The van der Waals surface area contributed by atoms with Crippen molar-refractivity contribution in [1.29, 1.82) is 5.26 Å². The molecule has 0 bridgehead atoms. The van der Waals surface area contributed by atoms with Crippen molar-refractivity contribution in [3.05, 3.63) is 59.7 Å². The monoisotopic (exact) mass is 448 g/mol. The number of amides is 2. The summed E-state index contributed by atoms with van der Waals surface area (Å²) >= 11 is 1.48. The molecule has 1 atom stereocenters. The molecule has 2 amide bonds. The number of nitrogens with zero attached hydrogens (tertiary/aromatic N) is 4. The molecule has 0 saturated carbocycles. The highest BCUT2D eigenvalue weighted by molar-refractivity contribution is 7.14. The zero-order valence-electron chi connectivity index (χ0n) is 18.1. The number of anilines is 2. The fourth-order valence-electron chi connectivity index (χ4n) is 3.03. The number of carbonyl (C=O) groups excluding carboxylic acids is 2. The molecular weight excluding hydrogens is 424 g/mol. The number of thiazole rings is 1. The van der Waals surface area contributed by atoms with Crippen LogP contribution in [0.1, 0.15) is 30.6 Å². The fraction of sp³-hybridized carbons (Fsp3) is 0.261. The smallest absolute Gasteiger partial charge is 0.257 e. The van der Waals surface area contributed by atoms with Gasteiger partial charge < -0.3 is 10.6 Å².